The van der Waals surface area contributed by atoms with Gasteiger partial charge in [-0.15, -0.1) is 10.2 Å². The van der Waals surface area contributed by atoms with E-state index in [0.29, 0.717) is 11.4 Å². The summed E-state index contributed by atoms with van der Waals surface area (Å²) in [4.78, 5) is 4.10. The Morgan fingerprint density at radius 1 is 1.29 bits per heavy atom. The molecule has 0 unspecified atom stereocenters. The molecule has 0 radical (unpaired) electrons. The van der Waals surface area contributed by atoms with Crippen LogP contribution in [0.25, 0.3) is 11.6 Å². The van der Waals surface area contributed by atoms with Crippen molar-refractivity contribution in [3.05, 3.63) is 47.7 Å². The maximum Gasteiger partial charge on any atom is 0.282 e. The van der Waals surface area contributed by atoms with E-state index in [-0.39, 0.29) is 24.0 Å². The highest BCUT2D eigenvalue weighted by Crippen LogP contribution is 2.19. The van der Waals surface area contributed by atoms with Crippen LogP contribution in [0.4, 0.5) is 8.78 Å². The van der Waals surface area contributed by atoms with E-state index in [1.54, 1.807) is 31.3 Å². The molecule has 0 saturated carbocycles. The second-order valence-electron chi connectivity index (χ2n) is 4.38. The SMILES string of the molecule is Cc1cc(C(F)F)nn1Cc1nnc(-c2ccccn2)o1. The number of hydrogen-bond acceptors (Lipinski definition) is 5. The highest BCUT2D eigenvalue weighted by atomic mass is 19.3. The van der Waals surface area contributed by atoms with E-state index in [0.717, 1.165) is 0 Å². The van der Waals surface area contributed by atoms with Crippen molar-refractivity contribution < 1.29 is 13.2 Å². The first kappa shape index (κ1) is 13.3. The topological polar surface area (TPSA) is 69.6 Å². The van der Waals surface area contributed by atoms with Crippen molar-refractivity contribution in [3.8, 4) is 11.6 Å². The van der Waals surface area contributed by atoms with E-state index in [9.17, 15) is 8.78 Å². The van der Waals surface area contributed by atoms with Crippen LogP contribution < -0.4 is 0 Å². The summed E-state index contributed by atoms with van der Waals surface area (Å²) in [6.07, 6.45) is -0.983. The first-order valence-electron chi connectivity index (χ1n) is 6.20. The third-order valence-corrected chi connectivity index (χ3v) is 2.86. The van der Waals surface area contributed by atoms with E-state index in [4.69, 9.17) is 4.42 Å². The van der Waals surface area contributed by atoms with Gasteiger partial charge in [-0.3, -0.25) is 9.67 Å². The van der Waals surface area contributed by atoms with Gasteiger partial charge < -0.3 is 4.42 Å². The molecule has 21 heavy (non-hydrogen) atoms. The summed E-state index contributed by atoms with van der Waals surface area (Å²) in [7, 11) is 0. The Bertz CT molecular complexity index is 738. The molecule has 0 amide bonds. The highest BCUT2D eigenvalue weighted by Gasteiger charge is 2.16. The fraction of sp³-hybridized carbons (Fsp3) is 0.231. The van der Waals surface area contributed by atoms with Crippen LogP contribution in [-0.2, 0) is 6.54 Å². The maximum atomic E-state index is 12.6. The summed E-state index contributed by atoms with van der Waals surface area (Å²) in [5.74, 6) is 0.562. The molecule has 3 rings (SSSR count). The average molecular weight is 291 g/mol. The van der Waals surface area contributed by atoms with Gasteiger partial charge in [0.1, 0.15) is 17.9 Å². The molecule has 0 fully saturated rings. The molecule has 6 nitrogen and oxygen atoms in total. The van der Waals surface area contributed by atoms with Crippen molar-refractivity contribution >= 4 is 0 Å². The molecule has 0 aliphatic carbocycles. The van der Waals surface area contributed by atoms with E-state index >= 15 is 0 Å². The van der Waals surface area contributed by atoms with Crippen molar-refractivity contribution in [1.29, 1.82) is 0 Å². The lowest BCUT2D eigenvalue weighted by Gasteiger charge is -1.99. The molecule has 8 heteroatoms. The zero-order valence-electron chi connectivity index (χ0n) is 11.1. The Kier molecular flexibility index (Phi) is 3.43. The normalized spacial score (nSPS) is 11.2. The lowest BCUT2D eigenvalue weighted by Crippen LogP contribution is -2.04. The molecule has 108 valence electrons. The Morgan fingerprint density at radius 3 is 2.81 bits per heavy atom. The summed E-state index contributed by atoms with van der Waals surface area (Å²) in [6.45, 7) is 1.83. The number of rotatable bonds is 4. The molecule has 3 heterocycles. The van der Waals surface area contributed by atoms with E-state index in [1.807, 2.05) is 0 Å². The number of nitrogens with zero attached hydrogens (tertiary/aromatic N) is 5. The standard InChI is InChI=1S/C13H11F2N5O/c1-8-6-10(12(14)15)19-20(8)7-11-17-18-13(21-11)9-4-2-3-5-16-9/h2-6,12H,7H2,1H3. The lowest BCUT2D eigenvalue weighted by atomic mass is 10.3. The fourth-order valence-corrected chi connectivity index (χ4v) is 1.84. The molecule has 0 aliphatic rings. The molecule has 3 aromatic rings. The van der Waals surface area contributed by atoms with Crippen molar-refractivity contribution in [3.63, 3.8) is 0 Å². The highest BCUT2D eigenvalue weighted by molar-refractivity contribution is 5.44. The van der Waals surface area contributed by atoms with Gasteiger partial charge >= 0.3 is 0 Å². The van der Waals surface area contributed by atoms with Crippen LogP contribution in [0.5, 0.6) is 0 Å². The Hall–Kier alpha value is -2.64. The van der Waals surface area contributed by atoms with Crippen molar-refractivity contribution in [2.75, 3.05) is 0 Å². The monoisotopic (exact) mass is 291 g/mol. The second kappa shape index (κ2) is 5.39. The first-order chi connectivity index (χ1) is 10.1. The predicted octanol–water partition coefficient (Wildman–Crippen LogP) is 2.62. The Balaban J connectivity index is 1.82. The average Bonchev–Trinajstić information content (AvgIpc) is 3.08. The summed E-state index contributed by atoms with van der Waals surface area (Å²) < 4.78 is 32.0. The summed E-state index contributed by atoms with van der Waals surface area (Å²) in [6, 6.07) is 6.66. The fourth-order valence-electron chi connectivity index (χ4n) is 1.84. The minimum Gasteiger partial charge on any atom is -0.417 e. The number of hydrogen-bond donors (Lipinski definition) is 0. The van der Waals surface area contributed by atoms with Crippen molar-refractivity contribution in [2.24, 2.45) is 0 Å². The quantitative estimate of drug-likeness (QED) is 0.739. The number of halogens is 2. The third kappa shape index (κ3) is 2.78. The van der Waals surface area contributed by atoms with Gasteiger partial charge in [0.05, 0.1) is 0 Å². The zero-order chi connectivity index (χ0) is 14.8. The first-order valence-corrected chi connectivity index (χ1v) is 6.20. The van der Waals surface area contributed by atoms with Crippen molar-refractivity contribution in [2.45, 2.75) is 19.9 Å². The van der Waals surface area contributed by atoms with Gasteiger partial charge in [0.25, 0.3) is 12.3 Å². The van der Waals surface area contributed by atoms with Crippen molar-refractivity contribution in [1.82, 2.24) is 25.0 Å². The molecule has 0 atom stereocenters. The molecule has 0 aliphatic heterocycles. The van der Waals surface area contributed by atoms with Crippen LogP contribution in [0.15, 0.2) is 34.9 Å². The van der Waals surface area contributed by atoms with Crippen LogP contribution in [0.1, 0.15) is 23.7 Å². The molecule has 0 bridgehead atoms. The van der Waals surface area contributed by atoms with Gasteiger partial charge in [0.15, 0.2) is 0 Å². The largest absolute Gasteiger partial charge is 0.417 e. The predicted molar refractivity (Wildman–Crippen MR) is 68.6 cm³/mol. The molecular formula is C13H11F2N5O. The minimum atomic E-state index is -2.60. The minimum absolute atomic E-state index is 0.137. The Labute approximate surface area is 118 Å². The molecule has 0 aromatic carbocycles. The number of pyridine rings is 1. The van der Waals surface area contributed by atoms with Crippen LogP contribution in [0, 0.1) is 6.92 Å². The summed E-state index contributed by atoms with van der Waals surface area (Å²) >= 11 is 0. The molecule has 0 spiro atoms. The zero-order valence-corrected chi connectivity index (χ0v) is 11.1. The second-order valence-corrected chi connectivity index (χ2v) is 4.38. The van der Waals surface area contributed by atoms with Crippen LogP contribution in [0.3, 0.4) is 0 Å². The van der Waals surface area contributed by atoms with Gasteiger partial charge in [0.2, 0.25) is 5.89 Å². The Morgan fingerprint density at radius 2 is 2.14 bits per heavy atom. The van der Waals surface area contributed by atoms with Crippen LogP contribution in [-0.4, -0.2) is 25.0 Å². The summed E-state index contributed by atoms with van der Waals surface area (Å²) in [5, 5.41) is 11.6. The number of aromatic nitrogens is 5. The summed E-state index contributed by atoms with van der Waals surface area (Å²) in [5.41, 5.74) is 0.890. The molecule has 0 N–H and O–H groups in total. The van der Waals surface area contributed by atoms with E-state index in [2.05, 4.69) is 20.3 Å². The molecule has 3 aromatic heterocycles. The van der Waals surface area contributed by atoms with Gasteiger partial charge in [0, 0.05) is 11.9 Å². The van der Waals surface area contributed by atoms with E-state index < -0.39 is 6.43 Å². The van der Waals surface area contributed by atoms with Gasteiger partial charge in [-0.1, -0.05) is 6.07 Å². The number of aryl methyl sites for hydroxylation is 1. The van der Waals surface area contributed by atoms with Gasteiger partial charge in [-0.25, -0.2) is 8.78 Å². The lowest BCUT2D eigenvalue weighted by molar-refractivity contribution is 0.145. The van der Waals surface area contributed by atoms with E-state index in [1.165, 1.54) is 10.7 Å². The van der Waals surface area contributed by atoms with Gasteiger partial charge in [-0.2, -0.15) is 5.10 Å². The van der Waals surface area contributed by atoms with Crippen LogP contribution >= 0.6 is 0 Å². The third-order valence-electron chi connectivity index (χ3n) is 2.86. The smallest absolute Gasteiger partial charge is 0.282 e. The number of alkyl halides is 2. The molecule has 0 saturated heterocycles. The maximum absolute atomic E-state index is 12.6. The van der Waals surface area contributed by atoms with Gasteiger partial charge in [-0.05, 0) is 25.1 Å². The van der Waals surface area contributed by atoms with Crippen LogP contribution in [0.2, 0.25) is 0 Å². The molecular weight excluding hydrogens is 280 g/mol.